The number of benzene rings is 3. The van der Waals surface area contributed by atoms with Crippen molar-refractivity contribution in [1.29, 1.82) is 0 Å². The van der Waals surface area contributed by atoms with E-state index in [-0.39, 0.29) is 5.91 Å². The molecule has 152 valence electrons. The molecule has 3 aromatic carbocycles. The zero-order valence-electron chi connectivity index (χ0n) is 16.8. The second-order valence-corrected chi connectivity index (χ2v) is 7.16. The molecule has 1 aliphatic rings. The molecule has 0 aliphatic carbocycles. The van der Waals surface area contributed by atoms with Crippen LogP contribution < -0.4 is 19.5 Å². The smallest absolute Gasteiger partial charge is 0.256 e. The second-order valence-electron chi connectivity index (χ2n) is 6.73. The van der Waals surface area contributed by atoms with Gasteiger partial charge >= 0.3 is 0 Å². The van der Waals surface area contributed by atoms with Crippen LogP contribution in [-0.2, 0) is 4.79 Å². The number of amides is 1. The summed E-state index contributed by atoms with van der Waals surface area (Å²) >= 11 is 6.17. The quantitative estimate of drug-likeness (QED) is 0.550. The molecule has 0 radical (unpaired) electrons. The minimum Gasteiger partial charge on any atom is -0.497 e. The molecular weight excluding hydrogens is 402 g/mol. The molecule has 1 N–H and O–H groups in total. The average molecular weight is 422 g/mol. The molecule has 1 amide bonds. The SMILES string of the molecule is COc1cccc(-c2cc(OC)c(OC)cc2C=C2C(=O)Nc3ccc(Cl)cc32)c1. The Morgan fingerprint density at radius 2 is 1.63 bits per heavy atom. The van der Waals surface area contributed by atoms with Gasteiger partial charge in [-0.15, -0.1) is 0 Å². The van der Waals surface area contributed by atoms with Crippen LogP contribution in [-0.4, -0.2) is 27.2 Å². The summed E-state index contributed by atoms with van der Waals surface area (Å²) < 4.78 is 16.4. The molecule has 3 aromatic rings. The van der Waals surface area contributed by atoms with Crippen molar-refractivity contribution < 1.29 is 19.0 Å². The van der Waals surface area contributed by atoms with Crippen LogP contribution >= 0.6 is 11.6 Å². The van der Waals surface area contributed by atoms with Crippen molar-refractivity contribution in [2.24, 2.45) is 0 Å². The first-order chi connectivity index (χ1) is 14.5. The number of rotatable bonds is 5. The van der Waals surface area contributed by atoms with Gasteiger partial charge in [-0.05, 0) is 65.2 Å². The predicted octanol–water partition coefficient (Wildman–Crippen LogP) is 5.53. The Morgan fingerprint density at radius 1 is 0.867 bits per heavy atom. The number of fused-ring (bicyclic) bond motifs is 1. The summed E-state index contributed by atoms with van der Waals surface area (Å²) in [6, 6.07) is 16.8. The number of nitrogens with one attached hydrogen (secondary N) is 1. The van der Waals surface area contributed by atoms with E-state index in [1.54, 1.807) is 39.5 Å². The van der Waals surface area contributed by atoms with E-state index in [4.69, 9.17) is 25.8 Å². The number of ether oxygens (including phenoxy) is 3. The molecule has 5 nitrogen and oxygen atoms in total. The zero-order valence-corrected chi connectivity index (χ0v) is 17.5. The van der Waals surface area contributed by atoms with Gasteiger partial charge in [0.2, 0.25) is 0 Å². The van der Waals surface area contributed by atoms with Crippen molar-refractivity contribution in [3.63, 3.8) is 0 Å². The Kier molecular flexibility index (Phi) is 5.38. The first-order valence-corrected chi connectivity index (χ1v) is 9.65. The molecule has 0 atom stereocenters. The first kappa shape index (κ1) is 19.9. The number of anilines is 1. The molecule has 6 heteroatoms. The average Bonchev–Trinajstić information content (AvgIpc) is 3.07. The molecular formula is C24H20ClNO4. The number of halogens is 1. The van der Waals surface area contributed by atoms with Crippen LogP contribution in [0.1, 0.15) is 11.1 Å². The number of hydrogen-bond donors (Lipinski definition) is 1. The molecule has 0 bridgehead atoms. The molecule has 30 heavy (non-hydrogen) atoms. The maximum Gasteiger partial charge on any atom is 0.256 e. The van der Waals surface area contributed by atoms with Crippen molar-refractivity contribution in [2.75, 3.05) is 26.6 Å². The van der Waals surface area contributed by atoms with Gasteiger partial charge in [0.15, 0.2) is 11.5 Å². The van der Waals surface area contributed by atoms with Crippen LogP contribution in [0.4, 0.5) is 5.69 Å². The summed E-state index contributed by atoms with van der Waals surface area (Å²) in [6.45, 7) is 0. The molecule has 0 unspecified atom stereocenters. The molecule has 0 saturated carbocycles. The van der Waals surface area contributed by atoms with Gasteiger partial charge in [0.25, 0.3) is 5.91 Å². The summed E-state index contributed by atoms with van der Waals surface area (Å²) in [5.41, 5.74) is 4.63. The van der Waals surface area contributed by atoms with Crippen LogP contribution in [0.15, 0.2) is 54.6 Å². The Bertz CT molecular complexity index is 1170. The van der Waals surface area contributed by atoms with E-state index in [0.717, 1.165) is 33.7 Å². The normalized spacial score (nSPS) is 13.7. The molecule has 1 heterocycles. The predicted molar refractivity (Wildman–Crippen MR) is 119 cm³/mol. The van der Waals surface area contributed by atoms with E-state index in [1.165, 1.54) is 0 Å². The second kappa shape index (κ2) is 8.13. The minimum atomic E-state index is -0.182. The van der Waals surface area contributed by atoms with E-state index in [0.29, 0.717) is 22.1 Å². The third-order valence-corrected chi connectivity index (χ3v) is 5.24. The van der Waals surface area contributed by atoms with Gasteiger partial charge in [0, 0.05) is 21.8 Å². The Morgan fingerprint density at radius 3 is 2.37 bits per heavy atom. The molecule has 0 aromatic heterocycles. The summed E-state index contributed by atoms with van der Waals surface area (Å²) in [5.74, 6) is 1.72. The van der Waals surface area contributed by atoms with Gasteiger partial charge in [-0.25, -0.2) is 0 Å². The van der Waals surface area contributed by atoms with Crippen LogP contribution in [0.2, 0.25) is 5.02 Å². The van der Waals surface area contributed by atoms with Crippen LogP contribution in [0, 0.1) is 0 Å². The van der Waals surface area contributed by atoms with Crippen molar-refractivity contribution >= 4 is 34.8 Å². The number of methoxy groups -OCH3 is 3. The zero-order chi connectivity index (χ0) is 21.3. The fourth-order valence-corrected chi connectivity index (χ4v) is 3.69. The molecule has 1 aliphatic heterocycles. The van der Waals surface area contributed by atoms with Gasteiger partial charge in [-0.1, -0.05) is 23.7 Å². The van der Waals surface area contributed by atoms with E-state index >= 15 is 0 Å². The topological polar surface area (TPSA) is 56.8 Å². The van der Waals surface area contributed by atoms with Crippen LogP contribution in [0.25, 0.3) is 22.8 Å². The Balaban J connectivity index is 1.94. The highest BCUT2D eigenvalue weighted by molar-refractivity contribution is 6.37. The van der Waals surface area contributed by atoms with Gasteiger partial charge in [0.05, 0.1) is 21.3 Å². The summed E-state index contributed by atoms with van der Waals surface area (Å²) in [6.07, 6.45) is 1.84. The van der Waals surface area contributed by atoms with Crippen molar-refractivity contribution in [1.82, 2.24) is 0 Å². The maximum absolute atomic E-state index is 12.7. The third kappa shape index (κ3) is 3.60. The van der Waals surface area contributed by atoms with Crippen molar-refractivity contribution in [3.05, 3.63) is 70.7 Å². The minimum absolute atomic E-state index is 0.182. The highest BCUT2D eigenvalue weighted by Gasteiger charge is 2.25. The lowest BCUT2D eigenvalue weighted by Gasteiger charge is -2.14. The van der Waals surface area contributed by atoms with Crippen molar-refractivity contribution in [3.8, 4) is 28.4 Å². The molecule has 0 spiro atoms. The largest absolute Gasteiger partial charge is 0.497 e. The molecule has 0 fully saturated rings. The third-order valence-electron chi connectivity index (χ3n) is 5.00. The first-order valence-electron chi connectivity index (χ1n) is 9.27. The Hall–Kier alpha value is -3.44. The maximum atomic E-state index is 12.7. The van der Waals surface area contributed by atoms with Crippen LogP contribution in [0.5, 0.6) is 17.2 Å². The number of hydrogen-bond acceptors (Lipinski definition) is 4. The van der Waals surface area contributed by atoms with Gasteiger partial charge in [-0.3, -0.25) is 4.79 Å². The molecule has 4 rings (SSSR count). The highest BCUT2D eigenvalue weighted by Crippen LogP contribution is 2.40. The van der Waals surface area contributed by atoms with Gasteiger partial charge < -0.3 is 19.5 Å². The lowest BCUT2D eigenvalue weighted by Crippen LogP contribution is -2.03. The summed E-state index contributed by atoms with van der Waals surface area (Å²) in [4.78, 5) is 12.7. The number of carbonyl (C=O) groups is 1. The van der Waals surface area contributed by atoms with E-state index in [9.17, 15) is 4.79 Å². The van der Waals surface area contributed by atoms with E-state index in [2.05, 4.69) is 5.32 Å². The summed E-state index contributed by atoms with van der Waals surface area (Å²) in [5, 5.41) is 3.45. The number of carbonyl (C=O) groups excluding carboxylic acids is 1. The van der Waals surface area contributed by atoms with Gasteiger partial charge in [0.1, 0.15) is 5.75 Å². The lowest BCUT2D eigenvalue weighted by atomic mass is 9.95. The van der Waals surface area contributed by atoms with E-state index in [1.807, 2.05) is 42.5 Å². The standard InChI is InChI=1S/C24H20ClNO4/c1-28-17-6-4-5-14(9-17)18-13-23(30-3)22(29-2)11-15(18)10-20-19-12-16(25)7-8-21(19)26-24(20)27/h4-13H,1-3H3,(H,26,27). The van der Waals surface area contributed by atoms with Crippen LogP contribution in [0.3, 0.4) is 0 Å². The summed E-state index contributed by atoms with van der Waals surface area (Å²) in [7, 11) is 4.80. The van der Waals surface area contributed by atoms with E-state index < -0.39 is 0 Å². The molecule has 0 saturated heterocycles. The monoisotopic (exact) mass is 421 g/mol. The Labute approximate surface area is 179 Å². The van der Waals surface area contributed by atoms with Crippen molar-refractivity contribution in [2.45, 2.75) is 0 Å². The highest BCUT2D eigenvalue weighted by atomic mass is 35.5. The fourth-order valence-electron chi connectivity index (χ4n) is 3.51. The fraction of sp³-hybridized carbons (Fsp3) is 0.125. The van der Waals surface area contributed by atoms with Gasteiger partial charge in [-0.2, -0.15) is 0 Å². The lowest BCUT2D eigenvalue weighted by molar-refractivity contribution is -0.110.